The number of imidazole rings is 1. The van der Waals surface area contributed by atoms with E-state index >= 15 is 0 Å². The van der Waals surface area contributed by atoms with Gasteiger partial charge in [-0.1, -0.05) is 0 Å². The highest BCUT2D eigenvalue weighted by Gasteiger charge is 2.08. The van der Waals surface area contributed by atoms with Gasteiger partial charge in [0.05, 0.1) is 6.20 Å². The molecular formula is C11H13N7. The lowest BCUT2D eigenvalue weighted by Crippen LogP contribution is -2.03. The van der Waals surface area contributed by atoms with Crippen molar-refractivity contribution in [2.75, 3.05) is 17.7 Å². The van der Waals surface area contributed by atoms with E-state index in [1.807, 2.05) is 43.2 Å². The normalized spacial score (nSPS) is 10.8. The molecule has 0 saturated heterocycles. The lowest BCUT2D eigenvalue weighted by Gasteiger charge is -2.07. The average molecular weight is 243 g/mol. The van der Waals surface area contributed by atoms with E-state index in [1.165, 1.54) is 0 Å². The second kappa shape index (κ2) is 4.02. The van der Waals surface area contributed by atoms with Crippen molar-refractivity contribution in [3.63, 3.8) is 0 Å². The average Bonchev–Trinajstić information content (AvgIpc) is 2.98. The molecule has 3 heterocycles. The van der Waals surface area contributed by atoms with Gasteiger partial charge in [0, 0.05) is 38.8 Å². The first-order chi connectivity index (χ1) is 8.76. The van der Waals surface area contributed by atoms with E-state index in [1.54, 1.807) is 10.9 Å². The Morgan fingerprint density at radius 1 is 1.22 bits per heavy atom. The van der Waals surface area contributed by atoms with Crippen molar-refractivity contribution in [1.29, 1.82) is 0 Å². The third kappa shape index (κ3) is 1.75. The topological polar surface area (TPSA) is 72.1 Å². The molecule has 0 fully saturated rings. The molecule has 0 radical (unpaired) electrons. The van der Waals surface area contributed by atoms with Crippen molar-refractivity contribution in [2.24, 2.45) is 7.05 Å². The van der Waals surface area contributed by atoms with Gasteiger partial charge >= 0.3 is 0 Å². The Hall–Kier alpha value is -2.57. The number of nitrogens with one attached hydrogen (secondary N) is 2. The third-order valence-corrected chi connectivity index (χ3v) is 2.59. The van der Waals surface area contributed by atoms with Crippen LogP contribution in [0.5, 0.6) is 0 Å². The summed E-state index contributed by atoms with van der Waals surface area (Å²) in [5.74, 6) is 2.17. The van der Waals surface area contributed by atoms with Gasteiger partial charge in [-0.05, 0) is 0 Å². The molecule has 0 spiro atoms. The van der Waals surface area contributed by atoms with Crippen LogP contribution in [0.3, 0.4) is 0 Å². The minimum Gasteiger partial charge on any atom is -0.372 e. The van der Waals surface area contributed by atoms with Crippen molar-refractivity contribution in [2.45, 2.75) is 0 Å². The predicted molar refractivity (Wildman–Crippen MR) is 69.0 cm³/mol. The van der Waals surface area contributed by atoms with Crippen LogP contribution in [0.15, 0.2) is 30.9 Å². The second-order valence-corrected chi connectivity index (χ2v) is 3.88. The van der Waals surface area contributed by atoms with Crippen LogP contribution in [0.1, 0.15) is 0 Å². The number of aryl methyl sites for hydroxylation is 1. The Morgan fingerprint density at radius 3 is 2.83 bits per heavy atom. The Morgan fingerprint density at radius 2 is 2.11 bits per heavy atom. The zero-order chi connectivity index (χ0) is 12.5. The molecule has 0 amide bonds. The van der Waals surface area contributed by atoms with Crippen LogP contribution < -0.4 is 10.6 Å². The molecule has 0 unspecified atom stereocenters. The fourth-order valence-electron chi connectivity index (χ4n) is 1.74. The lowest BCUT2D eigenvalue weighted by atomic mass is 10.5. The van der Waals surface area contributed by atoms with Gasteiger partial charge < -0.3 is 15.0 Å². The standard InChI is InChI=1S/C11H13N7/c1-12-9-7-18-6-4-13-11(18)10(15-9)14-8-3-5-17(2)16-8/h3-7,12H,1-2H3,(H,14,15,16). The Bertz CT molecular complexity index is 682. The van der Waals surface area contributed by atoms with Crippen LogP contribution in [-0.2, 0) is 7.05 Å². The van der Waals surface area contributed by atoms with E-state index < -0.39 is 0 Å². The summed E-state index contributed by atoms with van der Waals surface area (Å²) in [6, 6.07) is 1.88. The van der Waals surface area contributed by atoms with Crippen LogP contribution in [-0.4, -0.2) is 31.2 Å². The van der Waals surface area contributed by atoms with Gasteiger partial charge in [-0.15, -0.1) is 0 Å². The van der Waals surface area contributed by atoms with Crippen LogP contribution >= 0.6 is 0 Å². The van der Waals surface area contributed by atoms with E-state index in [9.17, 15) is 0 Å². The summed E-state index contributed by atoms with van der Waals surface area (Å²) in [4.78, 5) is 8.71. The van der Waals surface area contributed by atoms with E-state index in [0.717, 1.165) is 17.3 Å². The Labute approximate surface area is 103 Å². The maximum absolute atomic E-state index is 4.44. The first kappa shape index (κ1) is 10.6. The fraction of sp³-hybridized carbons (Fsp3) is 0.182. The largest absolute Gasteiger partial charge is 0.372 e. The molecule has 3 rings (SSSR count). The molecule has 0 atom stereocenters. The summed E-state index contributed by atoms with van der Waals surface area (Å²) in [5, 5.41) is 10.4. The molecular weight excluding hydrogens is 230 g/mol. The molecule has 0 saturated carbocycles. The fourth-order valence-corrected chi connectivity index (χ4v) is 1.74. The van der Waals surface area contributed by atoms with Crippen LogP contribution in [0, 0.1) is 0 Å². The van der Waals surface area contributed by atoms with E-state index in [-0.39, 0.29) is 0 Å². The molecule has 3 aromatic rings. The van der Waals surface area contributed by atoms with Gasteiger partial charge in [-0.25, -0.2) is 9.97 Å². The number of hydrogen-bond acceptors (Lipinski definition) is 5. The number of nitrogens with zero attached hydrogens (tertiary/aromatic N) is 5. The molecule has 3 aromatic heterocycles. The molecule has 2 N–H and O–H groups in total. The van der Waals surface area contributed by atoms with Crippen molar-refractivity contribution < 1.29 is 0 Å². The highest BCUT2D eigenvalue weighted by Crippen LogP contribution is 2.19. The predicted octanol–water partition coefficient (Wildman–Crippen LogP) is 1.25. The van der Waals surface area contributed by atoms with Crippen molar-refractivity contribution in [1.82, 2.24) is 24.1 Å². The highest BCUT2D eigenvalue weighted by atomic mass is 15.3. The highest BCUT2D eigenvalue weighted by molar-refractivity contribution is 5.70. The first-order valence-electron chi connectivity index (χ1n) is 5.54. The summed E-state index contributed by atoms with van der Waals surface area (Å²) in [5.41, 5.74) is 0.764. The molecule has 18 heavy (non-hydrogen) atoms. The number of aromatic nitrogens is 5. The second-order valence-electron chi connectivity index (χ2n) is 3.88. The molecule has 0 aliphatic carbocycles. The quantitative estimate of drug-likeness (QED) is 0.724. The van der Waals surface area contributed by atoms with Crippen LogP contribution in [0.25, 0.3) is 5.65 Å². The number of hydrogen-bond donors (Lipinski definition) is 2. The SMILES string of the molecule is CNc1cn2ccnc2c(Nc2ccn(C)n2)n1. The van der Waals surface area contributed by atoms with Crippen molar-refractivity contribution in [3.8, 4) is 0 Å². The summed E-state index contributed by atoms with van der Waals surface area (Å²) in [6.45, 7) is 0. The first-order valence-corrected chi connectivity index (χ1v) is 5.54. The lowest BCUT2D eigenvalue weighted by molar-refractivity contribution is 0.771. The molecule has 0 bridgehead atoms. The van der Waals surface area contributed by atoms with Gasteiger partial charge in [-0.3, -0.25) is 4.68 Å². The van der Waals surface area contributed by atoms with Gasteiger partial charge in [-0.2, -0.15) is 5.10 Å². The summed E-state index contributed by atoms with van der Waals surface area (Å²) in [7, 11) is 3.70. The van der Waals surface area contributed by atoms with Crippen molar-refractivity contribution in [3.05, 3.63) is 30.9 Å². The molecule has 0 aliphatic heterocycles. The monoisotopic (exact) mass is 243 g/mol. The minimum atomic E-state index is 0.672. The van der Waals surface area contributed by atoms with E-state index in [0.29, 0.717) is 5.82 Å². The van der Waals surface area contributed by atoms with Crippen LogP contribution in [0.4, 0.5) is 17.5 Å². The van der Waals surface area contributed by atoms with Gasteiger partial charge in [0.25, 0.3) is 0 Å². The van der Waals surface area contributed by atoms with Gasteiger partial charge in [0.15, 0.2) is 17.3 Å². The Kier molecular flexibility index (Phi) is 2.36. The summed E-state index contributed by atoms with van der Waals surface area (Å²) < 4.78 is 3.64. The number of fused-ring (bicyclic) bond motifs is 1. The minimum absolute atomic E-state index is 0.672. The molecule has 7 heteroatoms. The van der Waals surface area contributed by atoms with Gasteiger partial charge in [0.1, 0.15) is 5.82 Å². The third-order valence-electron chi connectivity index (χ3n) is 2.59. The summed E-state index contributed by atoms with van der Waals surface area (Å²) >= 11 is 0. The molecule has 0 aromatic carbocycles. The van der Waals surface area contributed by atoms with Gasteiger partial charge in [0.2, 0.25) is 0 Å². The Balaban J connectivity index is 2.06. The number of anilines is 3. The van der Waals surface area contributed by atoms with E-state index in [4.69, 9.17) is 0 Å². The van der Waals surface area contributed by atoms with Crippen molar-refractivity contribution >= 4 is 23.1 Å². The van der Waals surface area contributed by atoms with Crippen LogP contribution in [0.2, 0.25) is 0 Å². The van der Waals surface area contributed by atoms with E-state index in [2.05, 4.69) is 25.7 Å². The molecule has 0 aliphatic rings. The smallest absolute Gasteiger partial charge is 0.180 e. The number of rotatable bonds is 3. The zero-order valence-corrected chi connectivity index (χ0v) is 10.1. The maximum atomic E-state index is 4.44. The maximum Gasteiger partial charge on any atom is 0.180 e. The molecule has 92 valence electrons. The summed E-state index contributed by atoms with van der Waals surface area (Å²) in [6.07, 6.45) is 7.36. The zero-order valence-electron chi connectivity index (χ0n) is 10.1. The molecule has 7 nitrogen and oxygen atoms in total.